The van der Waals surface area contributed by atoms with Gasteiger partial charge in [-0.25, -0.2) is 0 Å². The van der Waals surface area contributed by atoms with Crippen LogP contribution in [0.5, 0.6) is 11.5 Å². The van der Waals surface area contributed by atoms with Crippen LogP contribution in [0, 0.1) is 13.8 Å². The van der Waals surface area contributed by atoms with Gasteiger partial charge in [0.15, 0.2) is 0 Å². The molecule has 0 saturated heterocycles. The summed E-state index contributed by atoms with van der Waals surface area (Å²) in [6.45, 7) is 11.2. The fourth-order valence-corrected chi connectivity index (χ4v) is 4.42. The lowest BCUT2D eigenvalue weighted by Crippen LogP contribution is -2.45. The number of para-hydroxylation sites is 1. The molecule has 3 aromatic carbocycles. The Kier molecular flexibility index (Phi) is 5.62. The van der Waals surface area contributed by atoms with Crippen molar-refractivity contribution in [3.63, 3.8) is 0 Å². The van der Waals surface area contributed by atoms with E-state index in [1.807, 2.05) is 48.7 Å². The number of fused-ring (bicyclic) bond motifs is 1. The molecule has 0 saturated carbocycles. The number of ether oxygens (including phenoxy) is 1. The van der Waals surface area contributed by atoms with Crippen LogP contribution >= 0.6 is 0 Å². The Labute approximate surface area is 186 Å². The van der Waals surface area contributed by atoms with Crippen molar-refractivity contribution in [2.24, 2.45) is 4.99 Å². The zero-order valence-electron chi connectivity index (χ0n) is 19.4. The third kappa shape index (κ3) is 4.36. The van der Waals surface area contributed by atoms with Crippen LogP contribution in [-0.4, -0.2) is 18.8 Å². The second-order valence-electron chi connectivity index (χ2n) is 9.36. The van der Waals surface area contributed by atoms with Crippen molar-refractivity contribution < 1.29 is 4.74 Å². The minimum Gasteiger partial charge on any atom is -0.457 e. The zero-order chi connectivity index (χ0) is 22.2. The number of hydrogen-bond acceptors (Lipinski definition) is 3. The molecule has 1 heterocycles. The number of benzene rings is 3. The molecule has 1 atom stereocenters. The molecule has 1 aliphatic rings. The minimum absolute atomic E-state index is 0.177. The van der Waals surface area contributed by atoms with Gasteiger partial charge in [0.25, 0.3) is 0 Å². The highest BCUT2D eigenvalue weighted by Gasteiger charge is 2.34. The van der Waals surface area contributed by atoms with Gasteiger partial charge in [0, 0.05) is 24.5 Å². The lowest BCUT2D eigenvalue weighted by Gasteiger charge is -2.45. The van der Waals surface area contributed by atoms with E-state index < -0.39 is 0 Å². The average Bonchev–Trinajstić information content (AvgIpc) is 2.73. The molecule has 0 radical (unpaired) electrons. The van der Waals surface area contributed by atoms with E-state index >= 15 is 0 Å². The van der Waals surface area contributed by atoms with Crippen LogP contribution < -0.4 is 9.64 Å². The lowest BCUT2D eigenvalue weighted by atomic mass is 9.79. The molecule has 160 valence electrons. The van der Waals surface area contributed by atoms with Gasteiger partial charge in [0.05, 0.1) is 5.69 Å². The van der Waals surface area contributed by atoms with Crippen LogP contribution in [0.25, 0.3) is 0 Å². The van der Waals surface area contributed by atoms with Crippen molar-refractivity contribution in [1.29, 1.82) is 0 Å². The molecule has 0 fully saturated rings. The highest BCUT2D eigenvalue weighted by Crippen LogP contribution is 2.43. The molecule has 0 bridgehead atoms. The Balaban J connectivity index is 1.54. The molecular weight excluding hydrogens is 380 g/mol. The molecule has 3 heteroatoms. The Bertz CT molecular complexity index is 1110. The fraction of sp³-hybridized carbons (Fsp3) is 0.321. The Morgan fingerprint density at radius 2 is 1.71 bits per heavy atom. The zero-order valence-corrected chi connectivity index (χ0v) is 19.4. The standard InChI is InChI=1S/C28H32N2O/c1-19-9-7-8-10-27(19)31-24-13-11-23(12-14-24)29-18-22-16-25-21(3)17-28(4,5)30(6)26(25)15-20(22)2/h7-16,18,21H,17H2,1-6H3. The SMILES string of the molecule is Cc1cc2c(cc1C=Nc1ccc(Oc3ccccc3C)cc1)C(C)CC(C)(C)N2C. The molecule has 3 nitrogen and oxygen atoms in total. The van der Waals surface area contributed by atoms with Crippen molar-refractivity contribution in [2.75, 3.05) is 11.9 Å². The normalized spacial score (nSPS) is 17.6. The van der Waals surface area contributed by atoms with Gasteiger partial charge in [-0.1, -0.05) is 25.1 Å². The molecule has 4 rings (SSSR count). The van der Waals surface area contributed by atoms with E-state index in [9.17, 15) is 0 Å². The molecule has 0 aromatic heterocycles. The van der Waals surface area contributed by atoms with Crippen molar-refractivity contribution in [3.05, 3.63) is 82.9 Å². The highest BCUT2D eigenvalue weighted by molar-refractivity contribution is 5.86. The van der Waals surface area contributed by atoms with E-state index in [-0.39, 0.29) is 5.54 Å². The van der Waals surface area contributed by atoms with Crippen LogP contribution in [0.15, 0.2) is 65.7 Å². The number of rotatable bonds is 4. The van der Waals surface area contributed by atoms with Gasteiger partial charge in [-0.05, 0) is 105 Å². The van der Waals surface area contributed by atoms with E-state index in [4.69, 9.17) is 9.73 Å². The predicted molar refractivity (Wildman–Crippen MR) is 132 cm³/mol. The van der Waals surface area contributed by atoms with Crippen LogP contribution in [0.4, 0.5) is 11.4 Å². The molecule has 3 aromatic rings. The molecule has 0 aliphatic carbocycles. The summed E-state index contributed by atoms with van der Waals surface area (Å²) in [7, 11) is 2.21. The summed E-state index contributed by atoms with van der Waals surface area (Å²) in [6, 6.07) is 20.6. The lowest BCUT2D eigenvalue weighted by molar-refractivity contribution is 0.395. The van der Waals surface area contributed by atoms with Crippen molar-refractivity contribution in [1.82, 2.24) is 0 Å². The predicted octanol–water partition coefficient (Wildman–Crippen LogP) is 7.57. The molecule has 1 aliphatic heterocycles. The number of aliphatic imine (C=N–C) groups is 1. The second-order valence-corrected chi connectivity index (χ2v) is 9.36. The third-order valence-electron chi connectivity index (χ3n) is 6.53. The van der Waals surface area contributed by atoms with E-state index in [0.29, 0.717) is 5.92 Å². The summed E-state index contributed by atoms with van der Waals surface area (Å²) in [4.78, 5) is 7.15. The first-order valence-corrected chi connectivity index (χ1v) is 11.0. The second kappa shape index (κ2) is 8.22. The Morgan fingerprint density at radius 1 is 1.00 bits per heavy atom. The van der Waals surface area contributed by atoms with Crippen molar-refractivity contribution >= 4 is 17.6 Å². The molecular formula is C28H32N2O. The van der Waals surface area contributed by atoms with E-state index in [1.165, 1.54) is 22.4 Å². The van der Waals surface area contributed by atoms with Gasteiger partial charge in [-0.3, -0.25) is 4.99 Å². The minimum atomic E-state index is 0.177. The number of nitrogens with zero attached hydrogens (tertiary/aromatic N) is 2. The van der Waals surface area contributed by atoms with E-state index in [0.717, 1.165) is 29.2 Å². The molecule has 0 amide bonds. The Morgan fingerprint density at radius 3 is 2.42 bits per heavy atom. The van der Waals surface area contributed by atoms with Gasteiger partial charge >= 0.3 is 0 Å². The maximum atomic E-state index is 5.99. The van der Waals surface area contributed by atoms with Gasteiger partial charge in [-0.15, -0.1) is 0 Å². The van der Waals surface area contributed by atoms with E-state index in [2.05, 4.69) is 64.8 Å². The first kappa shape index (κ1) is 21.2. The maximum Gasteiger partial charge on any atom is 0.130 e. The largest absolute Gasteiger partial charge is 0.457 e. The Hall–Kier alpha value is -3.07. The molecule has 1 unspecified atom stereocenters. The summed E-state index contributed by atoms with van der Waals surface area (Å²) in [5.41, 5.74) is 7.40. The smallest absolute Gasteiger partial charge is 0.130 e. The topological polar surface area (TPSA) is 24.8 Å². The van der Waals surface area contributed by atoms with E-state index in [1.54, 1.807) is 0 Å². The summed E-state index contributed by atoms with van der Waals surface area (Å²) in [6.07, 6.45) is 3.14. The number of hydrogen-bond donors (Lipinski definition) is 0. The van der Waals surface area contributed by atoms with Crippen molar-refractivity contribution in [3.8, 4) is 11.5 Å². The van der Waals surface area contributed by atoms with Crippen LogP contribution in [0.2, 0.25) is 0 Å². The highest BCUT2D eigenvalue weighted by atomic mass is 16.5. The average molecular weight is 413 g/mol. The van der Waals surface area contributed by atoms with Gasteiger partial charge in [-0.2, -0.15) is 0 Å². The summed E-state index contributed by atoms with van der Waals surface area (Å²) in [5, 5.41) is 0. The third-order valence-corrected chi connectivity index (χ3v) is 6.53. The van der Waals surface area contributed by atoms with Crippen LogP contribution in [0.1, 0.15) is 55.4 Å². The first-order chi connectivity index (χ1) is 14.7. The molecule has 31 heavy (non-hydrogen) atoms. The van der Waals surface area contributed by atoms with Gasteiger partial charge < -0.3 is 9.64 Å². The molecule has 0 spiro atoms. The molecule has 0 N–H and O–H groups in total. The monoisotopic (exact) mass is 412 g/mol. The number of aryl methyl sites for hydroxylation is 2. The summed E-state index contributed by atoms with van der Waals surface area (Å²) in [5.74, 6) is 2.23. The quantitative estimate of drug-likeness (QED) is 0.413. The maximum absolute atomic E-state index is 5.99. The van der Waals surface area contributed by atoms with Gasteiger partial charge in [0.1, 0.15) is 11.5 Å². The fourth-order valence-electron chi connectivity index (χ4n) is 4.42. The van der Waals surface area contributed by atoms with Gasteiger partial charge in [0.2, 0.25) is 0 Å². The van der Waals surface area contributed by atoms with Crippen LogP contribution in [0.3, 0.4) is 0 Å². The number of anilines is 1. The summed E-state index contributed by atoms with van der Waals surface area (Å²) >= 11 is 0. The first-order valence-electron chi connectivity index (χ1n) is 11.0. The van der Waals surface area contributed by atoms with Crippen LogP contribution in [-0.2, 0) is 0 Å². The van der Waals surface area contributed by atoms with Crippen molar-refractivity contribution in [2.45, 2.75) is 52.5 Å². The summed E-state index contributed by atoms with van der Waals surface area (Å²) < 4.78 is 5.99.